The number of benzene rings is 2. The number of carbonyl (C=O) groups excluding carboxylic acids is 1. The summed E-state index contributed by atoms with van der Waals surface area (Å²) in [5.41, 5.74) is 1.29. The van der Waals surface area contributed by atoms with Crippen LogP contribution in [0.25, 0.3) is 10.2 Å². The Bertz CT molecular complexity index is 974. The zero-order valence-corrected chi connectivity index (χ0v) is 18.6. The molecule has 1 atom stereocenters. The highest BCUT2D eigenvalue weighted by molar-refractivity contribution is 9.10. The average molecular weight is 477 g/mol. The largest absolute Gasteiger partial charge is 0.495 e. The van der Waals surface area contributed by atoms with Crippen molar-refractivity contribution in [3.63, 3.8) is 0 Å². The third-order valence-electron chi connectivity index (χ3n) is 4.88. The number of thiazole rings is 1. The first kappa shape index (κ1) is 20.1. The smallest absolute Gasteiger partial charge is 0.260 e. The second-order valence-corrected chi connectivity index (χ2v) is 8.60. The van der Waals surface area contributed by atoms with Gasteiger partial charge in [0.2, 0.25) is 0 Å². The number of methoxy groups -OCH3 is 2. The molecule has 0 radical (unpaired) electrons. The standard InChI is InChI=1S/C21H21BrN2O4S/c1-26-16-9-10-17(27-2)19-18(16)23-21(29-19)24(12-15-4-3-11-28-15)20(25)13-5-7-14(22)8-6-13/h5-10,15H,3-4,11-12H2,1-2H3. The lowest BCUT2D eigenvalue weighted by Gasteiger charge is -2.23. The number of hydrogen-bond acceptors (Lipinski definition) is 6. The first-order valence-electron chi connectivity index (χ1n) is 9.31. The molecule has 1 saturated heterocycles. The van der Waals surface area contributed by atoms with Crippen LogP contribution in [0, 0.1) is 0 Å². The molecule has 1 aromatic heterocycles. The fourth-order valence-electron chi connectivity index (χ4n) is 3.38. The van der Waals surface area contributed by atoms with Crippen LogP contribution < -0.4 is 14.4 Å². The Morgan fingerprint density at radius 2 is 1.93 bits per heavy atom. The third kappa shape index (κ3) is 4.10. The van der Waals surface area contributed by atoms with Crippen LogP contribution in [0.4, 0.5) is 5.13 Å². The Labute approximate surface area is 181 Å². The Morgan fingerprint density at radius 1 is 1.21 bits per heavy atom. The van der Waals surface area contributed by atoms with Gasteiger partial charge in [0.15, 0.2) is 5.13 Å². The van der Waals surface area contributed by atoms with Crippen molar-refractivity contribution in [1.29, 1.82) is 0 Å². The summed E-state index contributed by atoms with van der Waals surface area (Å²) in [5, 5.41) is 0.603. The summed E-state index contributed by atoms with van der Waals surface area (Å²) >= 11 is 4.84. The highest BCUT2D eigenvalue weighted by Gasteiger charge is 2.28. The van der Waals surface area contributed by atoms with Crippen molar-refractivity contribution in [2.75, 3.05) is 32.3 Å². The molecule has 2 heterocycles. The number of anilines is 1. The maximum atomic E-state index is 13.4. The van der Waals surface area contributed by atoms with Gasteiger partial charge in [0.05, 0.1) is 26.9 Å². The zero-order valence-electron chi connectivity index (χ0n) is 16.2. The molecule has 1 fully saturated rings. The van der Waals surface area contributed by atoms with E-state index in [1.54, 1.807) is 19.1 Å². The van der Waals surface area contributed by atoms with Crippen LogP contribution in [0.3, 0.4) is 0 Å². The SMILES string of the molecule is COc1ccc(OC)c2sc(N(CC3CCCO3)C(=O)c3ccc(Br)cc3)nc12. The van der Waals surface area contributed by atoms with Gasteiger partial charge in [-0.25, -0.2) is 4.98 Å². The van der Waals surface area contributed by atoms with Gasteiger partial charge in [0.25, 0.3) is 5.91 Å². The number of rotatable bonds is 6. The van der Waals surface area contributed by atoms with Crippen molar-refractivity contribution in [1.82, 2.24) is 4.98 Å². The number of halogens is 1. The van der Waals surface area contributed by atoms with E-state index in [0.29, 0.717) is 34.3 Å². The molecular formula is C21H21BrN2O4S. The molecule has 2 aromatic carbocycles. The van der Waals surface area contributed by atoms with Crippen LogP contribution in [-0.2, 0) is 4.74 Å². The highest BCUT2D eigenvalue weighted by atomic mass is 79.9. The van der Waals surface area contributed by atoms with Gasteiger partial charge >= 0.3 is 0 Å². The summed E-state index contributed by atoms with van der Waals surface area (Å²) in [6, 6.07) is 11.0. The summed E-state index contributed by atoms with van der Waals surface area (Å²) in [6.07, 6.45) is 1.94. The Morgan fingerprint density at radius 3 is 2.59 bits per heavy atom. The maximum absolute atomic E-state index is 13.4. The molecule has 29 heavy (non-hydrogen) atoms. The normalized spacial score (nSPS) is 16.2. The fourth-order valence-corrected chi connectivity index (χ4v) is 4.72. The summed E-state index contributed by atoms with van der Waals surface area (Å²) in [5.74, 6) is 1.25. The molecular weight excluding hydrogens is 456 g/mol. The summed E-state index contributed by atoms with van der Waals surface area (Å²) in [7, 11) is 3.23. The van der Waals surface area contributed by atoms with Gasteiger partial charge in [-0.1, -0.05) is 27.3 Å². The van der Waals surface area contributed by atoms with Crippen LogP contribution in [0.15, 0.2) is 40.9 Å². The average Bonchev–Trinajstić information content (AvgIpc) is 3.41. The topological polar surface area (TPSA) is 60.9 Å². The Hall–Kier alpha value is -2.16. The molecule has 0 saturated carbocycles. The lowest BCUT2D eigenvalue weighted by atomic mass is 10.2. The van der Waals surface area contributed by atoms with Crippen LogP contribution in [-0.4, -0.2) is 44.4 Å². The number of fused-ring (bicyclic) bond motifs is 1. The summed E-state index contributed by atoms with van der Waals surface area (Å²) in [4.78, 5) is 19.9. The molecule has 1 amide bonds. The third-order valence-corrected chi connectivity index (χ3v) is 6.50. The van der Waals surface area contributed by atoms with Gasteiger partial charge in [-0.2, -0.15) is 0 Å². The van der Waals surface area contributed by atoms with Crippen LogP contribution >= 0.6 is 27.3 Å². The molecule has 1 aliphatic heterocycles. The lowest BCUT2D eigenvalue weighted by molar-refractivity contribution is 0.0917. The van der Waals surface area contributed by atoms with Gasteiger partial charge in [-0.15, -0.1) is 0 Å². The number of aromatic nitrogens is 1. The molecule has 1 unspecified atom stereocenters. The Balaban J connectivity index is 1.77. The van der Waals surface area contributed by atoms with Crippen molar-refractivity contribution < 1.29 is 19.0 Å². The van der Waals surface area contributed by atoms with E-state index in [1.807, 2.05) is 36.4 Å². The van der Waals surface area contributed by atoms with Crippen LogP contribution in [0.1, 0.15) is 23.2 Å². The van der Waals surface area contributed by atoms with E-state index in [0.717, 1.165) is 28.6 Å². The molecule has 8 heteroatoms. The minimum Gasteiger partial charge on any atom is -0.495 e. The van der Waals surface area contributed by atoms with E-state index in [1.165, 1.54) is 11.3 Å². The van der Waals surface area contributed by atoms with E-state index in [2.05, 4.69) is 15.9 Å². The molecule has 0 spiro atoms. The van der Waals surface area contributed by atoms with Gasteiger partial charge in [-0.05, 0) is 49.2 Å². The number of carbonyl (C=O) groups is 1. The van der Waals surface area contributed by atoms with Crippen molar-refractivity contribution in [2.45, 2.75) is 18.9 Å². The van der Waals surface area contributed by atoms with Gasteiger partial charge in [0, 0.05) is 16.6 Å². The minimum absolute atomic E-state index is 0.00482. The molecule has 6 nitrogen and oxygen atoms in total. The zero-order chi connectivity index (χ0) is 20.4. The van der Waals surface area contributed by atoms with Crippen LogP contribution in [0.5, 0.6) is 11.5 Å². The first-order chi connectivity index (χ1) is 14.1. The maximum Gasteiger partial charge on any atom is 0.260 e. The lowest BCUT2D eigenvalue weighted by Crippen LogP contribution is -2.37. The van der Waals surface area contributed by atoms with E-state index in [4.69, 9.17) is 19.2 Å². The van der Waals surface area contributed by atoms with Crippen molar-refractivity contribution >= 4 is 48.5 Å². The predicted molar refractivity (Wildman–Crippen MR) is 118 cm³/mol. The molecule has 152 valence electrons. The van der Waals surface area contributed by atoms with E-state index >= 15 is 0 Å². The molecule has 1 aliphatic rings. The number of hydrogen-bond donors (Lipinski definition) is 0. The van der Waals surface area contributed by atoms with Gasteiger partial charge in [0.1, 0.15) is 21.7 Å². The molecule has 0 aliphatic carbocycles. The Kier molecular flexibility index (Phi) is 6.03. The second-order valence-electron chi connectivity index (χ2n) is 6.70. The van der Waals surface area contributed by atoms with E-state index < -0.39 is 0 Å². The molecule has 3 aromatic rings. The van der Waals surface area contributed by atoms with E-state index in [9.17, 15) is 4.79 Å². The summed E-state index contributed by atoms with van der Waals surface area (Å²) in [6.45, 7) is 1.19. The van der Waals surface area contributed by atoms with Crippen molar-refractivity contribution in [3.05, 3.63) is 46.4 Å². The second kappa shape index (κ2) is 8.69. The van der Waals surface area contributed by atoms with Crippen molar-refractivity contribution in [2.24, 2.45) is 0 Å². The molecule has 0 N–H and O–H groups in total. The fraction of sp³-hybridized carbons (Fsp3) is 0.333. The van der Waals surface area contributed by atoms with Gasteiger partial charge < -0.3 is 14.2 Å². The minimum atomic E-state index is -0.106. The first-order valence-corrected chi connectivity index (χ1v) is 10.9. The predicted octanol–water partition coefficient (Wildman–Crippen LogP) is 4.90. The summed E-state index contributed by atoms with van der Waals surface area (Å²) < 4.78 is 18.5. The highest BCUT2D eigenvalue weighted by Crippen LogP contribution is 2.40. The molecule has 0 bridgehead atoms. The van der Waals surface area contributed by atoms with Crippen molar-refractivity contribution in [3.8, 4) is 11.5 Å². The van der Waals surface area contributed by atoms with Crippen LogP contribution in [0.2, 0.25) is 0 Å². The monoisotopic (exact) mass is 476 g/mol. The molecule has 4 rings (SSSR count). The number of amides is 1. The quantitative estimate of drug-likeness (QED) is 0.506. The van der Waals surface area contributed by atoms with E-state index in [-0.39, 0.29) is 12.0 Å². The van der Waals surface area contributed by atoms with Gasteiger partial charge in [-0.3, -0.25) is 9.69 Å². The number of ether oxygens (including phenoxy) is 3. The number of nitrogens with zero attached hydrogens (tertiary/aromatic N) is 2.